The molecule has 176 valence electrons. The van der Waals surface area contributed by atoms with Crippen LogP contribution in [-0.4, -0.2) is 34.2 Å². The molecule has 0 spiro atoms. The van der Waals surface area contributed by atoms with E-state index in [2.05, 4.69) is 21.0 Å². The van der Waals surface area contributed by atoms with Crippen LogP contribution in [-0.2, 0) is 23.6 Å². The van der Waals surface area contributed by atoms with Crippen LogP contribution in [0.1, 0.15) is 27.2 Å². The fraction of sp³-hybridized carbons (Fsp3) is 0.217. The Balaban J connectivity index is 1.63. The van der Waals surface area contributed by atoms with Gasteiger partial charge in [0.2, 0.25) is 0 Å². The molecular formula is C23H20F3N5O3. The lowest BCUT2D eigenvalue weighted by molar-refractivity contribution is -0.137. The highest BCUT2D eigenvalue weighted by Gasteiger charge is 2.50. The van der Waals surface area contributed by atoms with Crippen molar-refractivity contribution in [2.75, 3.05) is 6.54 Å². The van der Waals surface area contributed by atoms with Gasteiger partial charge in [0, 0.05) is 18.8 Å². The molecule has 2 aromatic carbocycles. The normalized spacial score (nSPS) is 17.9. The summed E-state index contributed by atoms with van der Waals surface area (Å²) < 4.78 is 40.2. The van der Waals surface area contributed by atoms with E-state index in [9.17, 15) is 27.6 Å². The number of urea groups is 1. The van der Waals surface area contributed by atoms with Crippen LogP contribution in [0.15, 0.2) is 54.7 Å². The van der Waals surface area contributed by atoms with E-state index in [1.807, 2.05) is 0 Å². The highest BCUT2D eigenvalue weighted by atomic mass is 19.4. The number of imide groups is 1. The molecule has 1 aromatic heterocycles. The topological polar surface area (TPSA) is 105 Å². The molecule has 1 saturated heterocycles. The molecule has 1 fully saturated rings. The molecule has 1 aliphatic rings. The lowest BCUT2D eigenvalue weighted by Gasteiger charge is -2.25. The van der Waals surface area contributed by atoms with Gasteiger partial charge >= 0.3 is 12.2 Å². The van der Waals surface area contributed by atoms with Gasteiger partial charge in [-0.05, 0) is 41.8 Å². The van der Waals surface area contributed by atoms with E-state index < -0.39 is 35.1 Å². The lowest BCUT2D eigenvalue weighted by Crippen LogP contribution is -2.53. The van der Waals surface area contributed by atoms with Crippen LogP contribution in [0.5, 0.6) is 0 Å². The number of rotatable bonds is 5. The van der Waals surface area contributed by atoms with Gasteiger partial charge in [0.15, 0.2) is 5.54 Å². The van der Waals surface area contributed by atoms with Crippen molar-refractivity contribution in [3.63, 3.8) is 0 Å². The van der Waals surface area contributed by atoms with Gasteiger partial charge in [0.05, 0.1) is 12.1 Å². The molecule has 4 rings (SSSR count). The van der Waals surface area contributed by atoms with E-state index in [0.29, 0.717) is 16.7 Å². The van der Waals surface area contributed by atoms with Crippen LogP contribution in [0.3, 0.4) is 0 Å². The predicted octanol–water partition coefficient (Wildman–Crippen LogP) is 2.88. The Morgan fingerprint density at radius 3 is 2.35 bits per heavy atom. The van der Waals surface area contributed by atoms with E-state index in [1.54, 1.807) is 38.4 Å². The van der Waals surface area contributed by atoms with E-state index in [1.165, 1.54) is 22.9 Å². The van der Waals surface area contributed by atoms with Crippen molar-refractivity contribution in [1.82, 2.24) is 25.7 Å². The number of carbonyl (C=O) groups excluding carboxylic acids is 3. The molecule has 3 aromatic rings. The van der Waals surface area contributed by atoms with Gasteiger partial charge in [-0.2, -0.15) is 18.3 Å². The molecule has 0 saturated carbocycles. The largest absolute Gasteiger partial charge is 0.416 e. The first kappa shape index (κ1) is 23.0. The minimum absolute atomic E-state index is 0.194. The summed E-state index contributed by atoms with van der Waals surface area (Å²) in [6, 6.07) is 10.2. The highest BCUT2D eigenvalue weighted by molar-refractivity contribution is 6.08. The number of nitrogens with zero attached hydrogens (tertiary/aromatic N) is 2. The first-order chi connectivity index (χ1) is 16.0. The van der Waals surface area contributed by atoms with Crippen molar-refractivity contribution in [3.05, 3.63) is 77.1 Å². The second-order valence-corrected chi connectivity index (χ2v) is 7.95. The summed E-state index contributed by atoms with van der Waals surface area (Å²) in [5, 5.41) is 11.7. The number of amides is 4. The zero-order valence-electron chi connectivity index (χ0n) is 18.2. The Morgan fingerprint density at radius 2 is 1.79 bits per heavy atom. The number of alkyl halides is 3. The molecule has 1 aliphatic heterocycles. The standard InChI is InChI=1S/C23H20F3N5O3/c1-13-11-31(2)30-18(13)22(20(33)28-21(34)29-22)12-27-19(32)17-6-4-3-5-16(17)14-7-9-15(10-8-14)23(24,25)26/h3-11H,12H2,1-2H3,(H,27,32)(H2,28,29,33,34). The molecule has 1 atom stereocenters. The molecule has 0 bridgehead atoms. The summed E-state index contributed by atoms with van der Waals surface area (Å²) in [5.74, 6) is -1.23. The summed E-state index contributed by atoms with van der Waals surface area (Å²) >= 11 is 0. The number of aryl methyl sites for hydroxylation is 2. The molecule has 11 heteroatoms. The van der Waals surface area contributed by atoms with Crippen molar-refractivity contribution in [2.45, 2.75) is 18.6 Å². The maximum absolute atomic E-state index is 13.1. The summed E-state index contributed by atoms with van der Waals surface area (Å²) in [4.78, 5) is 37.8. The number of aromatic nitrogens is 2. The number of benzene rings is 2. The van der Waals surface area contributed by atoms with Gasteiger partial charge in [0.25, 0.3) is 11.8 Å². The Hall–Kier alpha value is -4.15. The molecule has 0 radical (unpaired) electrons. The smallest absolute Gasteiger partial charge is 0.349 e. The van der Waals surface area contributed by atoms with Crippen LogP contribution in [0.4, 0.5) is 18.0 Å². The molecule has 8 nitrogen and oxygen atoms in total. The van der Waals surface area contributed by atoms with Gasteiger partial charge in [0.1, 0.15) is 5.69 Å². The van der Waals surface area contributed by atoms with Crippen LogP contribution in [0.2, 0.25) is 0 Å². The SMILES string of the molecule is Cc1cn(C)nc1C1(CNC(=O)c2ccccc2-c2ccc(C(F)(F)F)cc2)NC(=O)NC1=O. The Labute approximate surface area is 192 Å². The van der Waals surface area contributed by atoms with Gasteiger partial charge in [-0.3, -0.25) is 19.6 Å². The lowest BCUT2D eigenvalue weighted by atomic mass is 9.92. The minimum atomic E-state index is -4.47. The van der Waals surface area contributed by atoms with E-state index in [-0.39, 0.29) is 17.8 Å². The first-order valence-electron chi connectivity index (χ1n) is 10.2. The maximum atomic E-state index is 13.1. The van der Waals surface area contributed by atoms with E-state index >= 15 is 0 Å². The van der Waals surface area contributed by atoms with Crippen molar-refractivity contribution < 1.29 is 27.6 Å². The summed E-state index contributed by atoms with van der Waals surface area (Å²) in [5.41, 5.74) is -0.457. The molecule has 0 aliphatic carbocycles. The number of halogens is 3. The van der Waals surface area contributed by atoms with Crippen molar-refractivity contribution >= 4 is 17.8 Å². The summed E-state index contributed by atoms with van der Waals surface area (Å²) in [7, 11) is 1.66. The quantitative estimate of drug-likeness (QED) is 0.498. The van der Waals surface area contributed by atoms with Crippen LogP contribution in [0, 0.1) is 6.92 Å². The molecular weight excluding hydrogens is 451 g/mol. The Bertz CT molecular complexity index is 1280. The highest BCUT2D eigenvalue weighted by Crippen LogP contribution is 2.32. The van der Waals surface area contributed by atoms with Gasteiger partial charge in [-0.1, -0.05) is 30.3 Å². The number of hydrogen-bond donors (Lipinski definition) is 3. The average molecular weight is 471 g/mol. The second-order valence-electron chi connectivity index (χ2n) is 7.95. The Kier molecular flexibility index (Phi) is 5.64. The third-order valence-corrected chi connectivity index (χ3v) is 5.57. The predicted molar refractivity (Wildman–Crippen MR) is 116 cm³/mol. The van der Waals surface area contributed by atoms with Crippen molar-refractivity contribution in [1.29, 1.82) is 0 Å². The van der Waals surface area contributed by atoms with E-state index in [0.717, 1.165) is 12.1 Å². The zero-order chi connectivity index (χ0) is 24.7. The number of carbonyl (C=O) groups is 3. The number of nitrogens with one attached hydrogen (secondary N) is 3. The average Bonchev–Trinajstić information content (AvgIpc) is 3.28. The fourth-order valence-electron chi connectivity index (χ4n) is 3.98. The monoisotopic (exact) mass is 471 g/mol. The van der Waals surface area contributed by atoms with Crippen LogP contribution < -0.4 is 16.0 Å². The molecule has 4 amide bonds. The second kappa shape index (κ2) is 8.32. The Morgan fingerprint density at radius 1 is 1.12 bits per heavy atom. The maximum Gasteiger partial charge on any atom is 0.416 e. The van der Waals surface area contributed by atoms with Crippen LogP contribution >= 0.6 is 0 Å². The summed E-state index contributed by atoms with van der Waals surface area (Å²) in [6.07, 6.45) is -2.80. The van der Waals surface area contributed by atoms with Crippen molar-refractivity contribution in [3.8, 4) is 11.1 Å². The zero-order valence-corrected chi connectivity index (χ0v) is 18.2. The van der Waals surface area contributed by atoms with Crippen molar-refractivity contribution in [2.24, 2.45) is 7.05 Å². The summed E-state index contributed by atoms with van der Waals surface area (Å²) in [6.45, 7) is 1.44. The molecule has 3 N–H and O–H groups in total. The third-order valence-electron chi connectivity index (χ3n) is 5.57. The first-order valence-corrected chi connectivity index (χ1v) is 10.2. The molecule has 1 unspecified atom stereocenters. The third kappa shape index (κ3) is 4.12. The van der Waals surface area contributed by atoms with Gasteiger partial charge in [-0.25, -0.2) is 4.79 Å². The molecule has 2 heterocycles. The fourth-order valence-corrected chi connectivity index (χ4v) is 3.98. The van der Waals surface area contributed by atoms with E-state index in [4.69, 9.17) is 0 Å². The number of hydrogen-bond acceptors (Lipinski definition) is 4. The van der Waals surface area contributed by atoms with Gasteiger partial charge < -0.3 is 10.6 Å². The van der Waals surface area contributed by atoms with Crippen LogP contribution in [0.25, 0.3) is 11.1 Å². The van der Waals surface area contributed by atoms with Gasteiger partial charge in [-0.15, -0.1) is 0 Å². The molecule has 34 heavy (non-hydrogen) atoms. The minimum Gasteiger partial charge on any atom is -0.349 e.